The molecule has 1 saturated heterocycles. The molecule has 17 heavy (non-hydrogen) atoms. The number of amides is 1. The van der Waals surface area contributed by atoms with Crippen LogP contribution in [-0.2, 0) is 11.3 Å². The standard InChI is InChI=1S/C12H14F2N2O/c1-8-4-10(13)9(11(14)5-8)6-16-3-2-15-12(17)7-16/h4-5H,2-3,6-7H2,1H3,(H,15,17). The lowest BCUT2D eigenvalue weighted by atomic mass is 10.1. The predicted molar refractivity (Wildman–Crippen MR) is 59.4 cm³/mol. The maximum atomic E-state index is 13.6. The molecule has 0 bridgehead atoms. The van der Waals surface area contributed by atoms with Crippen molar-refractivity contribution < 1.29 is 13.6 Å². The van der Waals surface area contributed by atoms with Crippen LogP contribution < -0.4 is 5.32 Å². The second-order valence-corrected chi connectivity index (χ2v) is 4.27. The number of nitrogens with one attached hydrogen (secondary N) is 1. The van der Waals surface area contributed by atoms with Crippen molar-refractivity contribution in [2.75, 3.05) is 19.6 Å². The highest BCUT2D eigenvalue weighted by atomic mass is 19.1. The van der Waals surface area contributed by atoms with E-state index in [0.29, 0.717) is 18.7 Å². The Morgan fingerprint density at radius 2 is 2.00 bits per heavy atom. The number of carbonyl (C=O) groups is 1. The predicted octanol–water partition coefficient (Wildman–Crippen LogP) is 1.21. The van der Waals surface area contributed by atoms with Crippen LogP contribution in [0.4, 0.5) is 8.78 Å². The van der Waals surface area contributed by atoms with E-state index in [-0.39, 0.29) is 24.6 Å². The number of hydrogen-bond donors (Lipinski definition) is 1. The molecule has 0 aliphatic carbocycles. The number of carbonyl (C=O) groups excluding carboxylic acids is 1. The van der Waals surface area contributed by atoms with Crippen molar-refractivity contribution >= 4 is 5.91 Å². The van der Waals surface area contributed by atoms with Gasteiger partial charge in [0.1, 0.15) is 11.6 Å². The molecule has 2 rings (SSSR count). The molecule has 0 spiro atoms. The second-order valence-electron chi connectivity index (χ2n) is 4.27. The monoisotopic (exact) mass is 240 g/mol. The molecule has 0 unspecified atom stereocenters. The van der Waals surface area contributed by atoms with Gasteiger partial charge in [0.25, 0.3) is 0 Å². The maximum absolute atomic E-state index is 13.6. The normalized spacial score (nSPS) is 17.0. The lowest BCUT2D eigenvalue weighted by molar-refractivity contribution is -0.124. The van der Waals surface area contributed by atoms with Gasteiger partial charge in [-0.25, -0.2) is 8.78 Å². The van der Waals surface area contributed by atoms with E-state index >= 15 is 0 Å². The van der Waals surface area contributed by atoms with Crippen LogP contribution in [0.25, 0.3) is 0 Å². The van der Waals surface area contributed by atoms with Gasteiger partial charge >= 0.3 is 0 Å². The minimum absolute atomic E-state index is 0.0327. The fraction of sp³-hybridized carbons (Fsp3) is 0.417. The molecule has 92 valence electrons. The smallest absolute Gasteiger partial charge is 0.234 e. The highest BCUT2D eigenvalue weighted by molar-refractivity contribution is 5.78. The minimum atomic E-state index is -0.548. The maximum Gasteiger partial charge on any atom is 0.234 e. The molecule has 1 amide bonds. The van der Waals surface area contributed by atoms with Crippen molar-refractivity contribution in [2.45, 2.75) is 13.5 Å². The third-order valence-corrected chi connectivity index (χ3v) is 2.78. The Morgan fingerprint density at radius 1 is 1.35 bits per heavy atom. The number of aryl methyl sites for hydroxylation is 1. The molecule has 3 nitrogen and oxygen atoms in total. The molecular formula is C12H14F2N2O. The van der Waals surface area contributed by atoms with Crippen LogP contribution >= 0.6 is 0 Å². The first-order valence-corrected chi connectivity index (χ1v) is 5.50. The van der Waals surface area contributed by atoms with Gasteiger partial charge in [0.2, 0.25) is 5.91 Å². The average molecular weight is 240 g/mol. The third kappa shape index (κ3) is 2.79. The van der Waals surface area contributed by atoms with Gasteiger partial charge in [0.05, 0.1) is 6.54 Å². The van der Waals surface area contributed by atoms with Gasteiger partial charge in [-0.2, -0.15) is 0 Å². The number of halogens is 2. The quantitative estimate of drug-likeness (QED) is 0.842. The van der Waals surface area contributed by atoms with Crippen molar-refractivity contribution in [3.05, 3.63) is 34.9 Å². The van der Waals surface area contributed by atoms with Crippen molar-refractivity contribution in [3.8, 4) is 0 Å². The third-order valence-electron chi connectivity index (χ3n) is 2.78. The zero-order valence-corrected chi connectivity index (χ0v) is 9.59. The summed E-state index contributed by atoms with van der Waals surface area (Å²) >= 11 is 0. The first-order chi connectivity index (χ1) is 8.06. The number of hydrogen-bond acceptors (Lipinski definition) is 2. The molecule has 5 heteroatoms. The number of piperazine rings is 1. The fourth-order valence-electron chi connectivity index (χ4n) is 1.93. The van der Waals surface area contributed by atoms with Crippen LogP contribution in [0.15, 0.2) is 12.1 Å². The van der Waals surface area contributed by atoms with Gasteiger partial charge in [-0.1, -0.05) is 0 Å². The summed E-state index contributed by atoms with van der Waals surface area (Å²) in [6.07, 6.45) is 0. The molecule has 0 radical (unpaired) electrons. The number of rotatable bonds is 2. The summed E-state index contributed by atoms with van der Waals surface area (Å²) in [5.41, 5.74) is 0.588. The second kappa shape index (κ2) is 4.79. The zero-order valence-electron chi connectivity index (χ0n) is 9.59. The van der Waals surface area contributed by atoms with Crippen molar-refractivity contribution in [2.24, 2.45) is 0 Å². The summed E-state index contributed by atoms with van der Waals surface area (Å²) in [7, 11) is 0. The van der Waals surface area contributed by atoms with Gasteiger partial charge in [0, 0.05) is 25.2 Å². The molecule has 0 atom stereocenters. The van der Waals surface area contributed by atoms with Gasteiger partial charge in [-0.3, -0.25) is 9.69 Å². The van der Waals surface area contributed by atoms with Crippen LogP contribution in [0.3, 0.4) is 0 Å². The van der Waals surface area contributed by atoms with E-state index in [1.165, 1.54) is 12.1 Å². The summed E-state index contributed by atoms with van der Waals surface area (Å²) in [6.45, 7) is 3.09. The molecule has 1 N–H and O–H groups in total. The summed E-state index contributed by atoms with van der Waals surface area (Å²) in [4.78, 5) is 12.9. The van der Waals surface area contributed by atoms with E-state index in [1.807, 2.05) is 0 Å². The molecule has 0 saturated carbocycles. The molecule has 1 aliphatic heterocycles. The van der Waals surface area contributed by atoms with Crippen LogP contribution in [0.5, 0.6) is 0 Å². The fourth-order valence-corrected chi connectivity index (χ4v) is 1.93. The molecule has 1 aromatic carbocycles. The molecule has 1 aromatic rings. The first-order valence-electron chi connectivity index (χ1n) is 5.50. The van der Waals surface area contributed by atoms with Gasteiger partial charge in [-0.15, -0.1) is 0 Å². The Balaban J connectivity index is 2.15. The van der Waals surface area contributed by atoms with Gasteiger partial charge < -0.3 is 5.32 Å². The molecule has 1 fully saturated rings. The summed E-state index contributed by atoms with van der Waals surface area (Å²) in [5, 5.41) is 2.67. The van der Waals surface area contributed by atoms with E-state index in [4.69, 9.17) is 0 Å². The molecule has 1 heterocycles. The van der Waals surface area contributed by atoms with Gasteiger partial charge in [0.15, 0.2) is 0 Å². The van der Waals surface area contributed by atoms with E-state index in [0.717, 1.165) is 0 Å². The Hall–Kier alpha value is -1.49. The van der Waals surface area contributed by atoms with Crippen molar-refractivity contribution in [1.29, 1.82) is 0 Å². The summed E-state index contributed by atoms with van der Waals surface area (Å²) in [6, 6.07) is 2.62. The molecule has 1 aliphatic rings. The number of benzene rings is 1. The van der Waals surface area contributed by atoms with Crippen molar-refractivity contribution in [3.63, 3.8) is 0 Å². The lowest BCUT2D eigenvalue weighted by Crippen LogP contribution is -2.47. The SMILES string of the molecule is Cc1cc(F)c(CN2CCNC(=O)C2)c(F)c1. The molecular weight excluding hydrogens is 226 g/mol. The molecule has 0 aromatic heterocycles. The average Bonchev–Trinajstić information content (AvgIpc) is 2.23. The lowest BCUT2D eigenvalue weighted by Gasteiger charge is -2.26. The van der Waals surface area contributed by atoms with Crippen LogP contribution in [0.1, 0.15) is 11.1 Å². The summed E-state index contributed by atoms with van der Waals surface area (Å²) in [5.74, 6) is -1.20. The van der Waals surface area contributed by atoms with E-state index in [1.54, 1.807) is 11.8 Å². The Kier molecular flexibility index (Phi) is 3.38. The largest absolute Gasteiger partial charge is 0.354 e. The van der Waals surface area contributed by atoms with Crippen LogP contribution in [-0.4, -0.2) is 30.4 Å². The van der Waals surface area contributed by atoms with Crippen LogP contribution in [0.2, 0.25) is 0 Å². The minimum Gasteiger partial charge on any atom is -0.354 e. The Labute approximate surface area is 98.4 Å². The van der Waals surface area contributed by atoms with Crippen molar-refractivity contribution in [1.82, 2.24) is 10.2 Å². The summed E-state index contributed by atoms with van der Waals surface area (Å²) < 4.78 is 27.2. The highest BCUT2D eigenvalue weighted by Crippen LogP contribution is 2.17. The highest BCUT2D eigenvalue weighted by Gasteiger charge is 2.19. The van der Waals surface area contributed by atoms with E-state index in [9.17, 15) is 13.6 Å². The van der Waals surface area contributed by atoms with Crippen LogP contribution in [0, 0.1) is 18.6 Å². The number of nitrogens with zero attached hydrogens (tertiary/aromatic N) is 1. The Bertz CT molecular complexity index is 425. The topological polar surface area (TPSA) is 32.3 Å². The van der Waals surface area contributed by atoms with Gasteiger partial charge in [-0.05, 0) is 24.6 Å². The van der Waals surface area contributed by atoms with E-state index in [2.05, 4.69) is 5.32 Å². The van der Waals surface area contributed by atoms with E-state index < -0.39 is 11.6 Å². The zero-order chi connectivity index (χ0) is 12.4. The Morgan fingerprint density at radius 3 is 2.59 bits per heavy atom. The first kappa shape index (κ1) is 12.0.